The van der Waals surface area contributed by atoms with E-state index in [1.54, 1.807) is 23.3 Å². The third-order valence-corrected chi connectivity index (χ3v) is 6.59. The van der Waals surface area contributed by atoms with Gasteiger partial charge in [-0.05, 0) is 30.5 Å². The Bertz CT molecular complexity index is 995. The van der Waals surface area contributed by atoms with E-state index in [-0.39, 0.29) is 11.9 Å². The summed E-state index contributed by atoms with van der Waals surface area (Å²) in [5.41, 5.74) is 1.13. The number of hydrogen-bond donors (Lipinski definition) is 2. The number of aromatic nitrogens is 1. The average Bonchev–Trinajstić information content (AvgIpc) is 3.39. The fraction of sp³-hybridized carbons (Fsp3) is 0.348. The number of para-hydroxylation sites is 1. The van der Waals surface area contributed by atoms with Gasteiger partial charge in [0.2, 0.25) is 5.91 Å². The van der Waals surface area contributed by atoms with E-state index in [1.165, 1.54) is 0 Å². The van der Waals surface area contributed by atoms with Crippen LogP contribution in [-0.2, 0) is 17.9 Å². The summed E-state index contributed by atoms with van der Waals surface area (Å²) >= 11 is 1.60. The molecule has 30 heavy (non-hydrogen) atoms. The van der Waals surface area contributed by atoms with Gasteiger partial charge in [0.1, 0.15) is 10.5 Å². The number of amides is 3. The molecule has 2 aromatic carbocycles. The van der Waals surface area contributed by atoms with Crippen LogP contribution in [0.2, 0.25) is 0 Å². The molecule has 1 saturated carbocycles. The lowest BCUT2D eigenvalue weighted by Gasteiger charge is -2.33. The van der Waals surface area contributed by atoms with Crippen molar-refractivity contribution < 1.29 is 9.59 Å². The van der Waals surface area contributed by atoms with Crippen LogP contribution in [0, 0.1) is 0 Å². The molecule has 0 bridgehead atoms. The average molecular weight is 423 g/mol. The smallest absolute Gasteiger partial charge is 0.315 e. The number of carbonyl (C=O) groups is 2. The molecule has 0 aliphatic heterocycles. The number of nitrogens with zero attached hydrogens (tertiary/aromatic N) is 2. The number of likely N-dealkylation sites (N-methyl/N-ethyl adjacent to an activating group) is 1. The van der Waals surface area contributed by atoms with Gasteiger partial charge in [0.05, 0.1) is 16.8 Å². The SMILES string of the molecule is CN(Cc1nc2ccccc2s1)C(=O)C1(NC(=O)NCc2ccccc2)CCCC1. The fourth-order valence-corrected chi connectivity index (χ4v) is 5.06. The van der Waals surface area contributed by atoms with Gasteiger partial charge in [0, 0.05) is 13.6 Å². The van der Waals surface area contributed by atoms with Crippen LogP contribution in [0.1, 0.15) is 36.3 Å². The van der Waals surface area contributed by atoms with Gasteiger partial charge in [-0.3, -0.25) is 4.79 Å². The van der Waals surface area contributed by atoms with Crippen molar-refractivity contribution >= 4 is 33.5 Å². The predicted octanol–water partition coefficient (Wildman–Crippen LogP) is 4.07. The van der Waals surface area contributed by atoms with Crippen molar-refractivity contribution in [3.63, 3.8) is 0 Å². The summed E-state index contributed by atoms with van der Waals surface area (Å²) in [6.45, 7) is 0.867. The first-order chi connectivity index (χ1) is 14.6. The summed E-state index contributed by atoms with van der Waals surface area (Å²) in [4.78, 5) is 32.3. The zero-order chi connectivity index (χ0) is 21.0. The normalized spacial score (nSPS) is 15.1. The Morgan fingerprint density at radius 1 is 1.07 bits per heavy atom. The Labute approximate surface area is 180 Å². The minimum Gasteiger partial charge on any atom is -0.337 e. The van der Waals surface area contributed by atoms with Crippen molar-refractivity contribution in [2.24, 2.45) is 0 Å². The van der Waals surface area contributed by atoms with Crippen LogP contribution < -0.4 is 10.6 Å². The molecule has 1 aliphatic carbocycles. The molecule has 1 heterocycles. The second-order valence-electron chi connectivity index (χ2n) is 7.82. The minimum absolute atomic E-state index is 0.0471. The van der Waals surface area contributed by atoms with Crippen molar-refractivity contribution in [1.29, 1.82) is 0 Å². The number of urea groups is 1. The Balaban J connectivity index is 1.41. The number of rotatable bonds is 6. The van der Waals surface area contributed by atoms with E-state index < -0.39 is 5.54 Å². The van der Waals surface area contributed by atoms with Crippen LogP contribution in [0.5, 0.6) is 0 Å². The summed E-state index contributed by atoms with van der Waals surface area (Å²) < 4.78 is 1.11. The lowest BCUT2D eigenvalue weighted by Crippen LogP contribution is -2.59. The third kappa shape index (κ3) is 4.46. The molecule has 7 heteroatoms. The zero-order valence-electron chi connectivity index (χ0n) is 17.1. The van der Waals surface area contributed by atoms with Crippen LogP contribution >= 0.6 is 11.3 Å². The van der Waals surface area contributed by atoms with Crippen LogP contribution in [0.3, 0.4) is 0 Å². The number of hydrogen-bond acceptors (Lipinski definition) is 4. The molecule has 1 aliphatic rings. The Morgan fingerprint density at radius 2 is 1.77 bits per heavy atom. The number of benzene rings is 2. The number of nitrogens with one attached hydrogen (secondary N) is 2. The first-order valence-electron chi connectivity index (χ1n) is 10.3. The summed E-state index contributed by atoms with van der Waals surface area (Å²) in [7, 11) is 1.79. The van der Waals surface area contributed by atoms with Crippen LogP contribution in [0.25, 0.3) is 10.2 Å². The lowest BCUT2D eigenvalue weighted by atomic mass is 9.95. The first kappa shape index (κ1) is 20.3. The molecule has 1 fully saturated rings. The van der Waals surface area contributed by atoms with E-state index in [9.17, 15) is 9.59 Å². The van der Waals surface area contributed by atoms with Gasteiger partial charge in [-0.1, -0.05) is 55.3 Å². The van der Waals surface area contributed by atoms with E-state index in [1.807, 2.05) is 54.6 Å². The van der Waals surface area contributed by atoms with E-state index in [0.29, 0.717) is 25.9 Å². The summed E-state index contributed by atoms with van der Waals surface area (Å²) in [6.07, 6.45) is 3.18. The first-order valence-corrected chi connectivity index (χ1v) is 11.1. The second-order valence-corrected chi connectivity index (χ2v) is 8.93. The monoisotopic (exact) mass is 422 g/mol. The highest BCUT2D eigenvalue weighted by molar-refractivity contribution is 7.18. The van der Waals surface area contributed by atoms with E-state index in [0.717, 1.165) is 33.6 Å². The summed E-state index contributed by atoms with van der Waals surface area (Å²) in [5, 5.41) is 6.78. The molecule has 0 saturated heterocycles. The number of thiazole rings is 1. The van der Waals surface area contributed by atoms with Crippen molar-refractivity contribution in [3.05, 3.63) is 65.2 Å². The molecular weight excluding hydrogens is 396 g/mol. The van der Waals surface area contributed by atoms with Gasteiger partial charge in [0.25, 0.3) is 0 Å². The molecule has 0 spiro atoms. The van der Waals surface area contributed by atoms with Crippen LogP contribution in [-0.4, -0.2) is 34.4 Å². The molecular formula is C23H26N4O2S. The van der Waals surface area contributed by atoms with Crippen molar-refractivity contribution in [2.75, 3.05) is 7.05 Å². The highest BCUT2D eigenvalue weighted by Gasteiger charge is 2.44. The second kappa shape index (κ2) is 8.83. The standard InChI is InChI=1S/C23H26N4O2S/c1-27(16-20-25-18-11-5-6-12-19(18)30-20)21(28)23(13-7-8-14-23)26-22(29)24-15-17-9-3-2-4-10-17/h2-6,9-12H,7-8,13-16H2,1H3,(H2,24,26,29). The molecule has 0 atom stereocenters. The van der Waals surface area contributed by atoms with Gasteiger partial charge < -0.3 is 15.5 Å². The lowest BCUT2D eigenvalue weighted by molar-refractivity contribution is -0.137. The highest BCUT2D eigenvalue weighted by atomic mass is 32.1. The zero-order valence-corrected chi connectivity index (χ0v) is 17.9. The third-order valence-electron chi connectivity index (χ3n) is 5.57. The van der Waals surface area contributed by atoms with Crippen LogP contribution in [0.4, 0.5) is 4.79 Å². The van der Waals surface area contributed by atoms with E-state index >= 15 is 0 Å². The van der Waals surface area contributed by atoms with Crippen molar-refractivity contribution in [3.8, 4) is 0 Å². The highest BCUT2D eigenvalue weighted by Crippen LogP contribution is 2.32. The van der Waals surface area contributed by atoms with Crippen molar-refractivity contribution in [2.45, 2.75) is 44.3 Å². The summed E-state index contributed by atoms with van der Waals surface area (Å²) in [5.74, 6) is -0.0471. The molecule has 2 N–H and O–H groups in total. The molecule has 3 aromatic rings. The van der Waals surface area contributed by atoms with Crippen molar-refractivity contribution in [1.82, 2.24) is 20.5 Å². The molecule has 0 radical (unpaired) electrons. The van der Waals surface area contributed by atoms with Gasteiger partial charge in [0.15, 0.2) is 0 Å². The van der Waals surface area contributed by atoms with Gasteiger partial charge in [-0.2, -0.15) is 0 Å². The maximum Gasteiger partial charge on any atom is 0.315 e. The maximum atomic E-state index is 13.4. The Hall–Kier alpha value is -2.93. The van der Waals surface area contributed by atoms with E-state index in [2.05, 4.69) is 15.6 Å². The number of carbonyl (C=O) groups excluding carboxylic acids is 2. The molecule has 4 rings (SSSR count). The summed E-state index contributed by atoms with van der Waals surface area (Å²) in [6, 6.07) is 17.4. The Kier molecular flexibility index (Phi) is 5.99. The minimum atomic E-state index is -0.841. The fourth-order valence-electron chi connectivity index (χ4n) is 4.04. The van der Waals surface area contributed by atoms with Gasteiger partial charge >= 0.3 is 6.03 Å². The largest absolute Gasteiger partial charge is 0.337 e. The van der Waals surface area contributed by atoms with Crippen LogP contribution in [0.15, 0.2) is 54.6 Å². The number of fused-ring (bicyclic) bond motifs is 1. The maximum absolute atomic E-state index is 13.4. The Morgan fingerprint density at radius 3 is 2.50 bits per heavy atom. The molecule has 156 valence electrons. The quantitative estimate of drug-likeness (QED) is 0.629. The molecule has 3 amide bonds. The topological polar surface area (TPSA) is 74.3 Å². The van der Waals surface area contributed by atoms with E-state index in [4.69, 9.17) is 0 Å². The molecule has 6 nitrogen and oxygen atoms in total. The molecule has 0 unspecified atom stereocenters. The predicted molar refractivity (Wildman–Crippen MR) is 119 cm³/mol. The molecule has 1 aromatic heterocycles. The van der Waals surface area contributed by atoms with Gasteiger partial charge in [-0.15, -0.1) is 11.3 Å². The van der Waals surface area contributed by atoms with Gasteiger partial charge in [-0.25, -0.2) is 9.78 Å².